The van der Waals surface area contributed by atoms with Crippen LogP contribution in [0.4, 0.5) is 0 Å². The third-order valence-electron chi connectivity index (χ3n) is 9.05. The molecule has 1 atom stereocenters. The van der Waals surface area contributed by atoms with Crippen LogP contribution in [-0.4, -0.2) is 0 Å². The van der Waals surface area contributed by atoms with Gasteiger partial charge in [-0.25, -0.2) is 12.1 Å². The summed E-state index contributed by atoms with van der Waals surface area (Å²) < 4.78 is 0. The molecule has 8 aromatic rings. The average Bonchev–Trinajstić information content (AvgIpc) is 3.91. The molecular formula is C53H46P2Ru. The van der Waals surface area contributed by atoms with Crippen LogP contribution in [0.25, 0.3) is 0 Å². The Morgan fingerprint density at radius 1 is 0.393 bits per heavy atom. The van der Waals surface area contributed by atoms with Crippen LogP contribution >= 0.6 is 15.8 Å². The second kappa shape index (κ2) is 23.8. The first-order valence-corrected chi connectivity index (χ1v) is 21.5. The molecule has 0 saturated heterocycles. The van der Waals surface area contributed by atoms with Crippen LogP contribution in [0.15, 0.2) is 243 Å². The van der Waals surface area contributed by atoms with E-state index in [0.29, 0.717) is 5.92 Å². The van der Waals surface area contributed by atoms with Crippen molar-refractivity contribution in [2.75, 3.05) is 0 Å². The molecule has 0 nitrogen and oxygen atoms in total. The van der Waals surface area contributed by atoms with E-state index in [1.165, 1.54) is 50.2 Å². The standard InChI is InChI=1S/2C18H15P.C12H11.C5H5.Ru/c2*1-4-10-16(11-5-1)19(17-12-6-2-7-13-17)18-14-8-3-9-15-18;1-2-12(11-8-9-11)10-6-4-3-5-7-10;1-2-4-5-3-1;/h2*1-15H;3-7,11-12H,8-9H2;1-5H;/q;;2*-1;+2. The molecule has 1 aliphatic carbocycles. The Balaban J connectivity index is 0.000000153. The Hall–Kier alpha value is -5.07. The van der Waals surface area contributed by atoms with Gasteiger partial charge in [-0.2, -0.15) is 18.2 Å². The van der Waals surface area contributed by atoms with Crippen molar-refractivity contribution in [3.63, 3.8) is 0 Å². The van der Waals surface area contributed by atoms with Gasteiger partial charge in [0.2, 0.25) is 0 Å². The van der Waals surface area contributed by atoms with Gasteiger partial charge in [0.15, 0.2) is 0 Å². The Morgan fingerprint density at radius 3 is 0.839 bits per heavy atom. The van der Waals surface area contributed by atoms with Crippen molar-refractivity contribution < 1.29 is 19.5 Å². The third-order valence-corrected chi connectivity index (χ3v) is 13.9. The first kappa shape index (κ1) is 42.1. The smallest absolute Gasteiger partial charge is 0.693 e. The number of hydrogen-bond donors (Lipinski definition) is 0. The van der Waals surface area contributed by atoms with E-state index in [-0.39, 0.29) is 25.4 Å². The summed E-state index contributed by atoms with van der Waals surface area (Å²) in [4.78, 5) is 0. The van der Waals surface area contributed by atoms with E-state index in [1.807, 2.05) is 48.5 Å². The Morgan fingerprint density at radius 2 is 0.643 bits per heavy atom. The molecular weight excluding hydrogens is 800 g/mol. The molecule has 3 heteroatoms. The zero-order chi connectivity index (χ0) is 37.8. The van der Waals surface area contributed by atoms with E-state index < -0.39 is 15.8 Å². The Bertz CT molecular complexity index is 1880. The van der Waals surface area contributed by atoms with Crippen molar-refractivity contribution in [1.29, 1.82) is 0 Å². The molecule has 0 heterocycles. The van der Waals surface area contributed by atoms with Crippen molar-refractivity contribution in [1.82, 2.24) is 0 Å². The SMILES string of the molecule is [C-]#CC(c1ccccc1)C1CC1.[Ru+2].c1cc[cH-]c1.c1ccc(P(c2ccccc2)c2ccccc2)cc1.c1ccc(P(c2ccccc2)c2ccccc2)cc1. The van der Waals surface area contributed by atoms with Crippen LogP contribution in [0.5, 0.6) is 0 Å². The molecule has 276 valence electrons. The number of hydrogen-bond acceptors (Lipinski definition) is 0. The van der Waals surface area contributed by atoms with E-state index >= 15 is 0 Å². The summed E-state index contributed by atoms with van der Waals surface area (Å²) in [5.41, 5.74) is 1.25. The minimum absolute atomic E-state index is 0. The van der Waals surface area contributed by atoms with Crippen LogP contribution < -0.4 is 31.8 Å². The molecule has 0 bridgehead atoms. The molecule has 9 rings (SSSR count). The fraction of sp³-hybridized carbons (Fsp3) is 0.0755. The first-order chi connectivity index (χ1) is 27.3. The molecule has 1 aliphatic rings. The van der Waals surface area contributed by atoms with Gasteiger partial charge in [0, 0.05) is 5.92 Å². The monoisotopic (exact) mass is 846 g/mol. The third kappa shape index (κ3) is 13.0. The summed E-state index contributed by atoms with van der Waals surface area (Å²) in [5, 5.41) is 8.39. The van der Waals surface area contributed by atoms with Crippen LogP contribution in [0.1, 0.15) is 24.3 Å². The zero-order valence-corrected chi connectivity index (χ0v) is 34.9. The molecule has 1 unspecified atom stereocenters. The van der Waals surface area contributed by atoms with Gasteiger partial charge in [-0.05, 0) is 72.0 Å². The van der Waals surface area contributed by atoms with E-state index in [4.69, 9.17) is 6.42 Å². The van der Waals surface area contributed by atoms with Gasteiger partial charge in [-0.3, -0.25) is 0 Å². The van der Waals surface area contributed by atoms with E-state index in [2.05, 4.69) is 200 Å². The van der Waals surface area contributed by atoms with Crippen molar-refractivity contribution in [2.24, 2.45) is 5.92 Å². The molecule has 0 N–H and O–H groups in total. The van der Waals surface area contributed by atoms with E-state index in [1.54, 1.807) is 0 Å². The number of benzene rings is 7. The summed E-state index contributed by atoms with van der Waals surface area (Å²) >= 11 is 0. The minimum Gasteiger partial charge on any atom is -0.693 e. The maximum absolute atomic E-state index is 7.22. The summed E-state index contributed by atoms with van der Waals surface area (Å²) in [5.74, 6) is 3.58. The van der Waals surface area contributed by atoms with Crippen molar-refractivity contribution in [2.45, 2.75) is 18.8 Å². The maximum atomic E-state index is 7.22. The minimum atomic E-state index is -0.446. The van der Waals surface area contributed by atoms with E-state index in [0.717, 1.165) is 0 Å². The first-order valence-electron chi connectivity index (χ1n) is 18.9. The normalized spacial score (nSPS) is 11.8. The van der Waals surface area contributed by atoms with Gasteiger partial charge >= 0.3 is 19.5 Å². The fourth-order valence-electron chi connectivity index (χ4n) is 6.24. The summed E-state index contributed by atoms with van der Waals surface area (Å²) in [6.07, 6.45) is 9.76. The second-order valence-electron chi connectivity index (χ2n) is 13.0. The van der Waals surface area contributed by atoms with Gasteiger partial charge < -0.3 is 12.3 Å². The predicted molar refractivity (Wildman–Crippen MR) is 241 cm³/mol. The molecule has 0 amide bonds. The van der Waals surface area contributed by atoms with Crippen LogP contribution in [0, 0.1) is 18.3 Å². The summed E-state index contributed by atoms with van der Waals surface area (Å²) in [6, 6.07) is 84.9. The molecule has 0 spiro atoms. The fourth-order valence-corrected chi connectivity index (χ4v) is 10.9. The van der Waals surface area contributed by atoms with Crippen molar-refractivity contribution in [3.8, 4) is 5.92 Å². The predicted octanol–water partition coefficient (Wildman–Crippen LogP) is 11.1. The molecule has 8 aromatic carbocycles. The number of rotatable bonds is 8. The maximum Gasteiger partial charge on any atom is 2.00 e. The summed E-state index contributed by atoms with van der Waals surface area (Å²) in [6.45, 7) is 0. The largest absolute Gasteiger partial charge is 2.00 e. The quantitative estimate of drug-likeness (QED) is 0.0619. The summed E-state index contributed by atoms with van der Waals surface area (Å²) in [7, 11) is -0.892. The van der Waals surface area contributed by atoms with Gasteiger partial charge in [-0.15, -0.1) is 0 Å². The van der Waals surface area contributed by atoms with Crippen LogP contribution in [0.2, 0.25) is 0 Å². The molecule has 0 aliphatic heterocycles. The molecule has 56 heavy (non-hydrogen) atoms. The molecule has 0 radical (unpaired) electrons. The average molecular weight is 846 g/mol. The van der Waals surface area contributed by atoms with Gasteiger partial charge in [0.1, 0.15) is 0 Å². The molecule has 1 saturated carbocycles. The van der Waals surface area contributed by atoms with Crippen LogP contribution in [-0.2, 0) is 19.5 Å². The van der Waals surface area contributed by atoms with Crippen LogP contribution in [0.3, 0.4) is 0 Å². The van der Waals surface area contributed by atoms with Crippen molar-refractivity contribution in [3.05, 3.63) is 255 Å². The molecule has 0 aromatic heterocycles. The van der Waals surface area contributed by atoms with Gasteiger partial charge in [0.25, 0.3) is 0 Å². The van der Waals surface area contributed by atoms with Gasteiger partial charge in [0.05, 0.1) is 0 Å². The molecule has 1 fully saturated rings. The van der Waals surface area contributed by atoms with Crippen molar-refractivity contribution >= 4 is 47.7 Å². The topological polar surface area (TPSA) is 0 Å². The van der Waals surface area contributed by atoms with Gasteiger partial charge in [-0.1, -0.05) is 212 Å². The Labute approximate surface area is 350 Å². The zero-order valence-electron chi connectivity index (χ0n) is 31.4. The Kier molecular flexibility index (Phi) is 17.9. The second-order valence-corrected chi connectivity index (χ2v) is 17.5. The van der Waals surface area contributed by atoms with E-state index in [9.17, 15) is 0 Å².